The summed E-state index contributed by atoms with van der Waals surface area (Å²) in [7, 11) is 0. The van der Waals surface area contributed by atoms with Gasteiger partial charge in [-0.1, -0.05) is 0 Å². The maximum Gasteiger partial charge on any atom is 0.323 e. The number of fused-ring (bicyclic) bond motifs is 1. The maximum absolute atomic E-state index is 13.4. The molecule has 1 N–H and O–H groups in total. The van der Waals surface area contributed by atoms with Crippen molar-refractivity contribution in [2.24, 2.45) is 0 Å². The summed E-state index contributed by atoms with van der Waals surface area (Å²) in [6, 6.07) is 3.56. The molecule has 0 amide bonds. The van der Waals surface area contributed by atoms with Gasteiger partial charge in [0.15, 0.2) is 11.6 Å². The van der Waals surface area contributed by atoms with E-state index in [9.17, 15) is 13.6 Å². The highest BCUT2D eigenvalue weighted by atomic mass is 19.2. The number of imidazole rings is 1. The van der Waals surface area contributed by atoms with Crippen LogP contribution in [0.2, 0.25) is 0 Å². The number of nitrogens with zero attached hydrogens (tertiary/aromatic N) is 2. The van der Waals surface area contributed by atoms with Crippen LogP contribution in [0, 0.1) is 18.6 Å². The van der Waals surface area contributed by atoms with Gasteiger partial charge in [-0.15, -0.1) is 0 Å². The lowest BCUT2D eigenvalue weighted by atomic mass is 10.3. The normalized spacial score (nSPS) is 11.2. The Labute approximate surface area is 117 Å². The Kier molecular flexibility index (Phi) is 2.97. The predicted octanol–water partition coefficient (Wildman–Crippen LogP) is 2.97. The molecular weight excluding hydrogens is 282 g/mol. The van der Waals surface area contributed by atoms with E-state index in [4.69, 9.17) is 9.52 Å². The first-order chi connectivity index (χ1) is 9.95. The van der Waals surface area contributed by atoms with Gasteiger partial charge in [0.05, 0.1) is 16.6 Å². The average Bonchev–Trinajstić information content (AvgIpc) is 2.95. The van der Waals surface area contributed by atoms with Gasteiger partial charge in [-0.3, -0.25) is 4.79 Å². The number of carboxylic acid groups (broad SMARTS) is 1. The summed E-state index contributed by atoms with van der Waals surface area (Å²) in [5.41, 5.74) is 0.944. The number of furan rings is 1. The first-order valence-electron chi connectivity index (χ1n) is 6.08. The molecule has 0 saturated heterocycles. The van der Waals surface area contributed by atoms with Gasteiger partial charge in [0, 0.05) is 12.1 Å². The zero-order valence-corrected chi connectivity index (χ0v) is 10.9. The molecule has 0 atom stereocenters. The van der Waals surface area contributed by atoms with Crippen molar-refractivity contribution in [2.45, 2.75) is 13.5 Å². The fraction of sp³-hybridized carbons (Fsp3) is 0.143. The van der Waals surface area contributed by atoms with E-state index >= 15 is 0 Å². The molecular formula is C14H10F2N2O3. The Bertz CT molecular complexity index is 851. The third kappa shape index (κ3) is 2.26. The van der Waals surface area contributed by atoms with Gasteiger partial charge >= 0.3 is 5.97 Å². The van der Waals surface area contributed by atoms with Crippen molar-refractivity contribution in [1.82, 2.24) is 9.55 Å². The summed E-state index contributed by atoms with van der Waals surface area (Å²) < 4.78 is 33.2. The number of aliphatic carboxylic acids is 1. The molecule has 21 heavy (non-hydrogen) atoms. The van der Waals surface area contributed by atoms with Gasteiger partial charge in [0.2, 0.25) is 0 Å². The van der Waals surface area contributed by atoms with Gasteiger partial charge < -0.3 is 14.1 Å². The topological polar surface area (TPSA) is 68.3 Å². The molecule has 2 aromatic heterocycles. The Balaban J connectivity index is 2.29. The smallest absolute Gasteiger partial charge is 0.323 e. The molecule has 108 valence electrons. The molecule has 2 heterocycles. The second-order valence-electron chi connectivity index (χ2n) is 4.62. The first kappa shape index (κ1) is 13.3. The van der Waals surface area contributed by atoms with Crippen molar-refractivity contribution in [3.63, 3.8) is 0 Å². The van der Waals surface area contributed by atoms with E-state index in [1.54, 1.807) is 13.0 Å². The number of benzene rings is 1. The summed E-state index contributed by atoms with van der Waals surface area (Å²) in [4.78, 5) is 15.2. The van der Waals surface area contributed by atoms with E-state index in [-0.39, 0.29) is 16.9 Å². The monoisotopic (exact) mass is 292 g/mol. The van der Waals surface area contributed by atoms with Crippen molar-refractivity contribution in [2.75, 3.05) is 0 Å². The molecule has 0 unspecified atom stereocenters. The molecule has 1 aromatic carbocycles. The SMILES string of the molecule is Cc1cc(-c2nc3cc(F)c(F)cc3n2CC(=O)O)co1. The Morgan fingerprint density at radius 1 is 1.33 bits per heavy atom. The lowest BCUT2D eigenvalue weighted by molar-refractivity contribution is -0.137. The van der Waals surface area contributed by atoms with Crippen LogP contribution in [-0.4, -0.2) is 20.6 Å². The second kappa shape index (κ2) is 4.69. The number of aryl methyl sites for hydroxylation is 1. The second-order valence-corrected chi connectivity index (χ2v) is 4.62. The standard InChI is InChI=1S/C14H10F2N2O3/c1-7-2-8(6-21-7)14-17-11-3-9(15)10(16)4-12(11)18(14)5-13(19)20/h2-4,6H,5H2,1H3,(H,19,20). The summed E-state index contributed by atoms with van der Waals surface area (Å²) in [5, 5.41) is 9.01. The number of rotatable bonds is 3. The predicted molar refractivity (Wildman–Crippen MR) is 69.7 cm³/mol. The summed E-state index contributed by atoms with van der Waals surface area (Å²) in [5.74, 6) is -2.28. The van der Waals surface area contributed by atoms with Crippen molar-refractivity contribution in [3.05, 3.63) is 41.9 Å². The Morgan fingerprint density at radius 3 is 2.67 bits per heavy atom. The number of carbonyl (C=O) groups is 1. The Morgan fingerprint density at radius 2 is 2.05 bits per heavy atom. The minimum Gasteiger partial charge on any atom is -0.480 e. The van der Waals surface area contributed by atoms with E-state index < -0.39 is 24.1 Å². The minimum absolute atomic E-state index is 0.184. The largest absolute Gasteiger partial charge is 0.480 e. The van der Waals surface area contributed by atoms with Crippen LogP contribution in [0.15, 0.2) is 28.9 Å². The molecule has 5 nitrogen and oxygen atoms in total. The first-order valence-corrected chi connectivity index (χ1v) is 6.08. The minimum atomic E-state index is -1.11. The van der Waals surface area contributed by atoms with Crippen LogP contribution in [0.5, 0.6) is 0 Å². The van der Waals surface area contributed by atoms with Crippen LogP contribution >= 0.6 is 0 Å². The number of hydrogen-bond donors (Lipinski definition) is 1. The van der Waals surface area contributed by atoms with Crippen molar-refractivity contribution in [3.8, 4) is 11.4 Å². The van der Waals surface area contributed by atoms with Crippen molar-refractivity contribution < 1.29 is 23.1 Å². The lowest BCUT2D eigenvalue weighted by Gasteiger charge is -2.04. The highest BCUT2D eigenvalue weighted by molar-refractivity contribution is 5.83. The zero-order valence-electron chi connectivity index (χ0n) is 10.9. The molecule has 0 aliphatic rings. The fourth-order valence-electron chi connectivity index (χ4n) is 2.20. The quantitative estimate of drug-likeness (QED) is 0.805. The van der Waals surface area contributed by atoms with Crippen molar-refractivity contribution >= 4 is 17.0 Å². The summed E-state index contributed by atoms with van der Waals surface area (Å²) in [6.45, 7) is 1.31. The number of carboxylic acids is 1. The highest BCUT2D eigenvalue weighted by Crippen LogP contribution is 2.27. The zero-order chi connectivity index (χ0) is 15.1. The van der Waals surface area contributed by atoms with E-state index in [2.05, 4.69) is 4.98 Å². The van der Waals surface area contributed by atoms with E-state index in [0.29, 0.717) is 11.3 Å². The molecule has 0 fully saturated rings. The molecule has 0 aliphatic heterocycles. The maximum atomic E-state index is 13.4. The number of aromatic nitrogens is 2. The number of halogens is 2. The molecule has 7 heteroatoms. The molecule has 0 spiro atoms. The lowest BCUT2D eigenvalue weighted by Crippen LogP contribution is -2.10. The highest BCUT2D eigenvalue weighted by Gasteiger charge is 2.18. The van der Waals surface area contributed by atoms with E-state index in [1.807, 2.05) is 0 Å². The van der Waals surface area contributed by atoms with Crippen LogP contribution in [-0.2, 0) is 11.3 Å². The molecule has 3 rings (SSSR count). The fourth-order valence-corrected chi connectivity index (χ4v) is 2.20. The van der Waals surface area contributed by atoms with Crippen LogP contribution in [0.4, 0.5) is 8.78 Å². The van der Waals surface area contributed by atoms with Gasteiger partial charge in [-0.2, -0.15) is 0 Å². The third-order valence-electron chi connectivity index (χ3n) is 3.07. The Hall–Kier alpha value is -2.70. The van der Waals surface area contributed by atoms with Crippen LogP contribution in [0.1, 0.15) is 5.76 Å². The molecule has 3 aromatic rings. The van der Waals surface area contributed by atoms with E-state index in [1.165, 1.54) is 10.8 Å². The third-order valence-corrected chi connectivity index (χ3v) is 3.07. The number of hydrogen-bond acceptors (Lipinski definition) is 3. The van der Waals surface area contributed by atoms with Crippen LogP contribution < -0.4 is 0 Å². The summed E-state index contributed by atoms with van der Waals surface area (Å²) in [6.07, 6.45) is 1.42. The molecule has 0 aliphatic carbocycles. The van der Waals surface area contributed by atoms with E-state index in [0.717, 1.165) is 12.1 Å². The molecule has 0 radical (unpaired) electrons. The summed E-state index contributed by atoms with van der Waals surface area (Å²) >= 11 is 0. The van der Waals surface area contributed by atoms with Crippen LogP contribution in [0.3, 0.4) is 0 Å². The van der Waals surface area contributed by atoms with Crippen molar-refractivity contribution in [1.29, 1.82) is 0 Å². The van der Waals surface area contributed by atoms with Gasteiger partial charge in [0.25, 0.3) is 0 Å². The average molecular weight is 292 g/mol. The van der Waals surface area contributed by atoms with Gasteiger partial charge in [-0.05, 0) is 13.0 Å². The van der Waals surface area contributed by atoms with Gasteiger partial charge in [0.1, 0.15) is 24.4 Å². The van der Waals surface area contributed by atoms with Crippen LogP contribution in [0.25, 0.3) is 22.4 Å². The molecule has 0 bridgehead atoms. The van der Waals surface area contributed by atoms with Gasteiger partial charge in [-0.25, -0.2) is 13.8 Å². The molecule has 0 saturated carbocycles.